The van der Waals surface area contributed by atoms with Gasteiger partial charge in [0.25, 0.3) is 0 Å². The Balaban J connectivity index is 2.26. The topological polar surface area (TPSA) is 0 Å². The number of rotatable bonds is 1. The van der Waals surface area contributed by atoms with E-state index in [-0.39, 0.29) is 0 Å². The Morgan fingerprint density at radius 3 is 2.93 bits per heavy atom. The van der Waals surface area contributed by atoms with Crippen LogP contribution in [0, 0.1) is 5.92 Å². The molecule has 0 aromatic carbocycles. The lowest BCUT2D eigenvalue weighted by Crippen LogP contribution is -2.36. The van der Waals surface area contributed by atoms with Gasteiger partial charge < -0.3 is 0 Å². The Bertz CT molecular complexity index is 250. The van der Waals surface area contributed by atoms with Gasteiger partial charge >= 0.3 is 4.36 Å². The minimum Gasteiger partial charge on any atom is -0.139 e. The van der Waals surface area contributed by atoms with Crippen LogP contribution in [0.4, 0.5) is 0 Å². The molecule has 3 heteroatoms. The van der Waals surface area contributed by atoms with Crippen molar-refractivity contribution in [3.8, 4) is 0 Å². The number of halogens is 2. The third-order valence-electron chi connectivity index (χ3n) is 4.05. The summed E-state index contributed by atoms with van der Waals surface area (Å²) in [6.45, 7) is 2.29. The molecule has 0 nitrogen and oxygen atoms in total. The smallest absolute Gasteiger partial charge is 0.139 e. The summed E-state index contributed by atoms with van der Waals surface area (Å²) in [5.41, 5.74) is 1.59. The molecule has 0 amide bonds. The number of fused-ring (bicyclic) bond motifs is 1. The van der Waals surface area contributed by atoms with E-state index in [0.717, 1.165) is 5.92 Å². The summed E-state index contributed by atoms with van der Waals surface area (Å²) in [5.74, 6) is 0.906. The molecule has 0 radical (unpaired) electrons. The van der Waals surface area contributed by atoms with Crippen molar-refractivity contribution in [1.29, 1.82) is 0 Å². The summed E-state index contributed by atoms with van der Waals surface area (Å²) in [7, 11) is 0. The Kier molecular flexibility index (Phi) is 3.48. The quantitative estimate of drug-likeness (QED) is 0.474. The zero-order chi connectivity index (χ0) is 10.2. The predicted octanol–water partition coefficient (Wildman–Crippen LogP) is 4.94. The Hall–Kier alpha value is 0.765. The van der Waals surface area contributed by atoms with Crippen molar-refractivity contribution in [1.82, 2.24) is 0 Å². The van der Waals surface area contributed by atoms with Crippen molar-refractivity contribution in [3.63, 3.8) is 0 Å². The fourth-order valence-electron chi connectivity index (χ4n) is 3.22. The van der Waals surface area contributed by atoms with E-state index < -0.39 is 0 Å². The van der Waals surface area contributed by atoms with Crippen LogP contribution in [0.25, 0.3) is 0 Å². The third-order valence-corrected chi connectivity index (χ3v) is 5.87. The summed E-state index contributed by atoms with van der Waals surface area (Å²) < 4.78 is 0.497. The molecule has 2 rings (SSSR count). The molecule has 2 aliphatic rings. The van der Waals surface area contributed by atoms with Crippen molar-refractivity contribution < 1.29 is 0 Å². The molecule has 2 atom stereocenters. The molecule has 1 saturated carbocycles. The molecule has 0 saturated heterocycles. The zero-order valence-corrected chi connectivity index (χ0v) is 11.9. The van der Waals surface area contributed by atoms with Gasteiger partial charge in [0.15, 0.2) is 0 Å². The number of allylic oxidation sites excluding steroid dienone is 2. The van der Waals surface area contributed by atoms with Gasteiger partial charge in [-0.25, -0.2) is 0 Å². The predicted molar refractivity (Wildman–Crippen MR) is 71.3 cm³/mol. The first-order valence-electron chi connectivity index (χ1n) is 5.59. The van der Waals surface area contributed by atoms with Gasteiger partial charge in [0.05, 0.1) is 0 Å². The Labute approximate surface area is 104 Å². The first-order chi connectivity index (χ1) is 6.65. The van der Waals surface area contributed by atoms with Gasteiger partial charge in [-0.1, -0.05) is 37.3 Å². The van der Waals surface area contributed by atoms with Crippen LogP contribution in [0.1, 0.15) is 45.4 Å². The number of hydrogen-bond donors (Lipinski definition) is 0. The van der Waals surface area contributed by atoms with Crippen LogP contribution in [0.3, 0.4) is 0 Å². The second-order valence-corrected chi connectivity index (χ2v) is 8.00. The maximum Gasteiger partial charge on any atom is 0.305 e. The van der Waals surface area contributed by atoms with Gasteiger partial charge in [-0.15, -0.1) is 31.5 Å². The van der Waals surface area contributed by atoms with Crippen molar-refractivity contribution in [2.24, 2.45) is 5.92 Å². The molecule has 0 bridgehead atoms. The fraction of sp³-hybridized carbons (Fsp3) is 0.818. The molecule has 0 N–H and O–H groups in total. The van der Waals surface area contributed by atoms with Gasteiger partial charge in [0.1, 0.15) is 0 Å². The molecule has 0 spiro atoms. The molecule has 0 unspecified atom stereocenters. The molecular weight excluding hydrogens is 303 g/mol. The standard InChI is InChI=1S/C11H17BBr2/c1-9-5-6-10-4-2-3-7-11(10,8-9)12(13)14/h5,10H,2-4,6-8H2,1H3/t10-,11-/m0/s1. The van der Waals surface area contributed by atoms with Crippen LogP contribution < -0.4 is 0 Å². The molecule has 0 heterocycles. The van der Waals surface area contributed by atoms with Crippen LogP contribution in [0.2, 0.25) is 5.31 Å². The highest BCUT2D eigenvalue weighted by atomic mass is 79.9. The van der Waals surface area contributed by atoms with Crippen molar-refractivity contribution in [3.05, 3.63) is 11.6 Å². The molecule has 2 aliphatic carbocycles. The molecule has 78 valence electrons. The van der Waals surface area contributed by atoms with E-state index in [2.05, 4.69) is 44.5 Å². The highest BCUT2D eigenvalue weighted by Crippen LogP contribution is 2.59. The minimum absolute atomic E-state index is 0.497. The molecule has 0 aliphatic heterocycles. The Morgan fingerprint density at radius 1 is 1.43 bits per heavy atom. The summed E-state index contributed by atoms with van der Waals surface area (Å²) in [4.78, 5) is 0. The Morgan fingerprint density at radius 2 is 2.21 bits per heavy atom. The van der Waals surface area contributed by atoms with E-state index in [1.165, 1.54) is 38.5 Å². The second-order valence-electron chi connectivity index (χ2n) is 4.94. The molecular formula is C11H17BBr2. The second kappa shape index (κ2) is 4.33. The minimum atomic E-state index is 0.497. The van der Waals surface area contributed by atoms with Crippen LogP contribution in [0.5, 0.6) is 0 Å². The van der Waals surface area contributed by atoms with Crippen LogP contribution in [0.15, 0.2) is 11.6 Å². The van der Waals surface area contributed by atoms with Crippen molar-refractivity contribution in [2.75, 3.05) is 0 Å². The van der Waals surface area contributed by atoms with E-state index in [4.69, 9.17) is 0 Å². The summed E-state index contributed by atoms with van der Waals surface area (Å²) in [6.07, 6.45) is 10.7. The van der Waals surface area contributed by atoms with Crippen LogP contribution in [-0.4, -0.2) is 4.36 Å². The summed E-state index contributed by atoms with van der Waals surface area (Å²) in [6, 6.07) is 0. The summed E-state index contributed by atoms with van der Waals surface area (Å²) in [5, 5.41) is 0.511. The largest absolute Gasteiger partial charge is 0.305 e. The third kappa shape index (κ3) is 1.87. The van der Waals surface area contributed by atoms with Crippen molar-refractivity contribution >= 4 is 35.9 Å². The fourth-order valence-corrected chi connectivity index (χ4v) is 4.75. The van der Waals surface area contributed by atoms with E-state index in [1.807, 2.05) is 0 Å². The average molecular weight is 320 g/mol. The van der Waals surface area contributed by atoms with E-state index in [1.54, 1.807) is 5.57 Å². The molecule has 0 aromatic rings. The van der Waals surface area contributed by atoms with E-state index >= 15 is 0 Å². The maximum absolute atomic E-state index is 3.79. The number of hydrogen-bond acceptors (Lipinski definition) is 0. The van der Waals surface area contributed by atoms with Gasteiger partial charge in [-0.05, 0) is 31.0 Å². The molecule has 0 aromatic heterocycles. The molecule has 14 heavy (non-hydrogen) atoms. The van der Waals surface area contributed by atoms with Crippen LogP contribution in [-0.2, 0) is 0 Å². The van der Waals surface area contributed by atoms with Gasteiger partial charge in [-0.3, -0.25) is 0 Å². The van der Waals surface area contributed by atoms with E-state index in [0.29, 0.717) is 9.68 Å². The first-order valence-corrected chi connectivity index (χ1v) is 7.42. The maximum atomic E-state index is 3.79. The highest BCUT2D eigenvalue weighted by Gasteiger charge is 2.47. The van der Waals surface area contributed by atoms with Crippen molar-refractivity contribution in [2.45, 2.75) is 50.8 Å². The molecule has 1 fully saturated rings. The zero-order valence-electron chi connectivity index (χ0n) is 8.73. The van der Waals surface area contributed by atoms with Gasteiger partial charge in [0, 0.05) is 0 Å². The average Bonchev–Trinajstić information content (AvgIpc) is 2.17. The van der Waals surface area contributed by atoms with Gasteiger partial charge in [-0.2, -0.15) is 0 Å². The van der Waals surface area contributed by atoms with Crippen LogP contribution >= 0.6 is 31.5 Å². The lowest BCUT2D eigenvalue weighted by molar-refractivity contribution is 0.243. The van der Waals surface area contributed by atoms with E-state index in [9.17, 15) is 0 Å². The summed E-state index contributed by atoms with van der Waals surface area (Å²) >= 11 is 7.57. The monoisotopic (exact) mass is 318 g/mol. The SMILES string of the molecule is CC1=CC[C@@H]2CCCC[C@]2(B(Br)Br)C1. The first kappa shape index (κ1) is 11.3. The highest BCUT2D eigenvalue weighted by molar-refractivity contribution is 9.49. The lowest BCUT2D eigenvalue weighted by atomic mass is 9.49. The van der Waals surface area contributed by atoms with Gasteiger partial charge in [0.2, 0.25) is 0 Å². The lowest BCUT2D eigenvalue weighted by Gasteiger charge is -2.47. The normalized spacial score (nSPS) is 37.4.